The Morgan fingerprint density at radius 1 is 1.22 bits per heavy atom. The molecule has 0 aromatic heterocycles. The van der Waals surface area contributed by atoms with Crippen LogP contribution in [0.1, 0.15) is 37.7 Å². The number of hydrogen-bond acceptors (Lipinski definition) is 5. The molecule has 0 saturated carbocycles. The van der Waals surface area contributed by atoms with Gasteiger partial charge in [-0.2, -0.15) is 10.2 Å². The minimum Gasteiger partial charge on any atom is -0.486 e. The van der Waals surface area contributed by atoms with Gasteiger partial charge in [0.15, 0.2) is 17.2 Å². The number of terminal acetylenes is 1. The Bertz CT molecular complexity index is 832. The lowest BCUT2D eigenvalue weighted by Crippen LogP contribution is -2.35. The number of ether oxygens (including phenoxy) is 2. The molecule has 0 unspecified atom stereocenters. The van der Waals surface area contributed by atoms with E-state index < -0.39 is 0 Å². The van der Waals surface area contributed by atoms with E-state index in [4.69, 9.17) is 15.9 Å². The van der Waals surface area contributed by atoms with Gasteiger partial charge >= 0.3 is 0 Å². The summed E-state index contributed by atoms with van der Waals surface area (Å²) in [6.07, 6.45) is 10.8. The van der Waals surface area contributed by atoms with Crippen molar-refractivity contribution in [2.24, 2.45) is 10.2 Å². The molecule has 0 fully saturated rings. The van der Waals surface area contributed by atoms with Gasteiger partial charge in [0, 0.05) is 38.8 Å². The second kappa shape index (κ2) is 7.43. The maximum atomic E-state index is 12.5. The molecule has 0 spiro atoms. The molecule has 3 aliphatic heterocycles. The van der Waals surface area contributed by atoms with E-state index in [-0.39, 0.29) is 11.6 Å². The van der Waals surface area contributed by atoms with Crippen molar-refractivity contribution in [2.45, 2.75) is 37.8 Å². The molecule has 4 rings (SSSR count). The summed E-state index contributed by atoms with van der Waals surface area (Å²) in [6, 6.07) is 6.05. The van der Waals surface area contributed by atoms with Gasteiger partial charge in [-0.25, -0.2) is 0 Å². The smallest absolute Gasteiger partial charge is 0.223 e. The highest BCUT2D eigenvalue weighted by molar-refractivity contribution is 5.78. The topological polar surface area (TPSA) is 63.5 Å². The zero-order chi connectivity index (χ0) is 18.7. The second-order valence-electron chi connectivity index (χ2n) is 7.06. The van der Waals surface area contributed by atoms with E-state index >= 15 is 0 Å². The SMILES string of the molecule is C#CCCC1(CCC(=O)N2CC=C(c3ccc4c(c3)OCCO4)CC2)N=N1. The normalized spacial score (nSPS) is 19.2. The van der Waals surface area contributed by atoms with Crippen molar-refractivity contribution in [1.29, 1.82) is 0 Å². The van der Waals surface area contributed by atoms with Crippen LogP contribution < -0.4 is 9.47 Å². The first kappa shape index (κ1) is 17.6. The molecule has 3 heterocycles. The maximum absolute atomic E-state index is 12.5. The average Bonchev–Trinajstić information content (AvgIpc) is 3.50. The fourth-order valence-electron chi connectivity index (χ4n) is 3.53. The molecule has 6 nitrogen and oxygen atoms in total. The molecule has 1 aromatic rings. The molecular weight excluding hydrogens is 342 g/mol. The van der Waals surface area contributed by atoms with E-state index in [1.54, 1.807) is 0 Å². The molecule has 0 bridgehead atoms. The van der Waals surface area contributed by atoms with Crippen LogP contribution in [0.15, 0.2) is 34.5 Å². The number of hydrogen-bond donors (Lipinski definition) is 0. The Balaban J connectivity index is 1.32. The van der Waals surface area contributed by atoms with E-state index in [2.05, 4.69) is 28.3 Å². The number of fused-ring (bicyclic) bond motifs is 1. The number of carbonyl (C=O) groups is 1. The quantitative estimate of drug-likeness (QED) is 0.726. The van der Waals surface area contributed by atoms with Gasteiger partial charge in [0.25, 0.3) is 0 Å². The van der Waals surface area contributed by atoms with Gasteiger partial charge in [-0.3, -0.25) is 4.79 Å². The fraction of sp³-hybridized carbons (Fsp3) is 0.476. The van der Waals surface area contributed by atoms with Crippen LogP contribution in [-0.4, -0.2) is 42.8 Å². The molecule has 3 aliphatic rings. The lowest BCUT2D eigenvalue weighted by atomic mass is 9.98. The Hall–Kier alpha value is -2.81. The van der Waals surface area contributed by atoms with E-state index in [0.29, 0.717) is 39.0 Å². The molecule has 140 valence electrons. The zero-order valence-corrected chi connectivity index (χ0v) is 15.3. The van der Waals surface area contributed by atoms with Gasteiger partial charge in [0.05, 0.1) is 0 Å². The summed E-state index contributed by atoms with van der Waals surface area (Å²) in [6.45, 7) is 2.54. The van der Waals surface area contributed by atoms with Gasteiger partial charge in [0.2, 0.25) is 5.91 Å². The fourth-order valence-corrected chi connectivity index (χ4v) is 3.53. The largest absolute Gasteiger partial charge is 0.486 e. The number of nitrogens with zero attached hydrogens (tertiary/aromatic N) is 3. The molecule has 6 heteroatoms. The molecule has 0 aliphatic carbocycles. The second-order valence-corrected chi connectivity index (χ2v) is 7.06. The van der Waals surface area contributed by atoms with Crippen molar-refractivity contribution in [3.8, 4) is 23.8 Å². The van der Waals surface area contributed by atoms with Crippen LogP contribution in [0, 0.1) is 12.3 Å². The standard InChI is InChI=1S/C21H23N3O3/c1-2-3-9-21(22-23-21)10-6-20(25)24-11-7-16(8-12-24)17-4-5-18-19(15-17)27-14-13-26-18/h1,4-5,7,15H,3,6,8-14H2. The Morgan fingerprint density at radius 3 is 2.74 bits per heavy atom. The zero-order valence-electron chi connectivity index (χ0n) is 15.3. The highest BCUT2D eigenvalue weighted by Gasteiger charge is 2.39. The number of amides is 1. The number of rotatable bonds is 6. The minimum absolute atomic E-state index is 0.157. The molecule has 0 atom stereocenters. The van der Waals surface area contributed by atoms with Crippen molar-refractivity contribution >= 4 is 11.5 Å². The lowest BCUT2D eigenvalue weighted by Gasteiger charge is -2.27. The summed E-state index contributed by atoms with van der Waals surface area (Å²) in [5.74, 6) is 4.37. The van der Waals surface area contributed by atoms with Crippen molar-refractivity contribution in [2.75, 3.05) is 26.3 Å². The molecule has 1 amide bonds. The van der Waals surface area contributed by atoms with Crippen LogP contribution in [0.3, 0.4) is 0 Å². The van der Waals surface area contributed by atoms with E-state index in [1.807, 2.05) is 17.0 Å². The summed E-state index contributed by atoms with van der Waals surface area (Å²) in [5, 5.41) is 8.20. The van der Waals surface area contributed by atoms with Gasteiger partial charge < -0.3 is 14.4 Å². The van der Waals surface area contributed by atoms with Crippen LogP contribution in [0.5, 0.6) is 11.5 Å². The van der Waals surface area contributed by atoms with Gasteiger partial charge in [-0.1, -0.05) is 12.1 Å². The summed E-state index contributed by atoms with van der Waals surface area (Å²) >= 11 is 0. The van der Waals surface area contributed by atoms with Crippen molar-refractivity contribution in [3.63, 3.8) is 0 Å². The molecular formula is C21H23N3O3. The van der Waals surface area contributed by atoms with Crippen LogP contribution in [0.4, 0.5) is 0 Å². The average molecular weight is 365 g/mol. The van der Waals surface area contributed by atoms with E-state index in [1.165, 1.54) is 5.57 Å². The third-order valence-corrected chi connectivity index (χ3v) is 5.27. The number of carbonyl (C=O) groups excluding carboxylic acids is 1. The molecule has 1 aromatic carbocycles. The highest BCUT2D eigenvalue weighted by atomic mass is 16.6. The van der Waals surface area contributed by atoms with Crippen LogP contribution in [0.2, 0.25) is 0 Å². The highest BCUT2D eigenvalue weighted by Crippen LogP contribution is 2.38. The minimum atomic E-state index is -0.385. The summed E-state index contributed by atoms with van der Waals surface area (Å²) in [7, 11) is 0. The van der Waals surface area contributed by atoms with Crippen LogP contribution in [0.25, 0.3) is 5.57 Å². The number of benzene rings is 1. The predicted octanol–water partition coefficient (Wildman–Crippen LogP) is 3.43. The van der Waals surface area contributed by atoms with Crippen molar-refractivity contribution in [3.05, 3.63) is 29.8 Å². The first-order chi connectivity index (χ1) is 13.2. The van der Waals surface area contributed by atoms with Crippen molar-refractivity contribution in [1.82, 2.24) is 4.90 Å². The Kier molecular flexibility index (Phi) is 4.85. The van der Waals surface area contributed by atoms with Crippen LogP contribution in [-0.2, 0) is 4.79 Å². The molecule has 0 radical (unpaired) electrons. The summed E-state index contributed by atoms with van der Waals surface area (Å²) in [5.41, 5.74) is 1.99. The van der Waals surface area contributed by atoms with E-state index in [0.717, 1.165) is 36.4 Å². The predicted molar refractivity (Wildman–Crippen MR) is 101 cm³/mol. The molecule has 27 heavy (non-hydrogen) atoms. The maximum Gasteiger partial charge on any atom is 0.223 e. The van der Waals surface area contributed by atoms with Gasteiger partial charge in [-0.15, -0.1) is 12.3 Å². The first-order valence-corrected chi connectivity index (χ1v) is 9.43. The third-order valence-electron chi connectivity index (χ3n) is 5.27. The molecule has 0 saturated heterocycles. The monoisotopic (exact) mass is 365 g/mol. The third kappa shape index (κ3) is 3.97. The first-order valence-electron chi connectivity index (χ1n) is 9.43. The Labute approximate surface area is 159 Å². The van der Waals surface area contributed by atoms with Gasteiger partial charge in [0.1, 0.15) is 13.2 Å². The lowest BCUT2D eigenvalue weighted by molar-refractivity contribution is -0.131. The van der Waals surface area contributed by atoms with E-state index in [9.17, 15) is 4.79 Å². The molecule has 0 N–H and O–H groups in total. The van der Waals surface area contributed by atoms with Gasteiger partial charge in [-0.05, 0) is 29.7 Å². The van der Waals surface area contributed by atoms with Crippen LogP contribution >= 0.6 is 0 Å². The van der Waals surface area contributed by atoms with Crippen molar-refractivity contribution < 1.29 is 14.3 Å². The Morgan fingerprint density at radius 2 is 2.04 bits per heavy atom. The summed E-state index contributed by atoms with van der Waals surface area (Å²) in [4.78, 5) is 14.4. The summed E-state index contributed by atoms with van der Waals surface area (Å²) < 4.78 is 11.2.